The van der Waals surface area contributed by atoms with Crippen molar-refractivity contribution >= 4 is 0 Å². The number of hydrogen-bond donors (Lipinski definition) is 1. The Labute approximate surface area is 119 Å². The molecular weight excluding hydrogens is 248 g/mol. The second-order valence-corrected chi connectivity index (χ2v) is 6.03. The maximum Gasteiger partial charge on any atom is 0.132 e. The molecule has 0 amide bonds. The van der Waals surface area contributed by atoms with Crippen LogP contribution in [0.25, 0.3) is 0 Å². The van der Waals surface area contributed by atoms with E-state index < -0.39 is 11.2 Å². The molecule has 2 aromatic rings. The molecule has 1 aliphatic carbocycles. The van der Waals surface area contributed by atoms with E-state index in [-0.39, 0.29) is 6.10 Å². The molecule has 1 saturated heterocycles. The highest BCUT2D eigenvalue weighted by Gasteiger charge is 2.68. The van der Waals surface area contributed by atoms with Crippen LogP contribution in [0.1, 0.15) is 36.1 Å². The molecule has 0 aromatic heterocycles. The Balaban J connectivity index is 1.76. The van der Waals surface area contributed by atoms with Crippen LogP contribution in [0.15, 0.2) is 54.6 Å². The minimum atomic E-state index is -0.928. The Bertz CT molecular complexity index is 647. The van der Waals surface area contributed by atoms with Crippen LogP contribution in [-0.4, -0.2) is 10.7 Å². The van der Waals surface area contributed by atoms with Gasteiger partial charge in [-0.3, -0.25) is 0 Å². The van der Waals surface area contributed by atoms with E-state index in [4.69, 9.17) is 4.74 Å². The van der Waals surface area contributed by atoms with E-state index in [1.54, 1.807) is 0 Å². The molecule has 2 heteroatoms. The van der Waals surface area contributed by atoms with Crippen LogP contribution >= 0.6 is 0 Å². The zero-order valence-corrected chi connectivity index (χ0v) is 11.5. The summed E-state index contributed by atoms with van der Waals surface area (Å²) in [5.74, 6) is 0. The Morgan fingerprint density at radius 2 is 1.75 bits per heavy atom. The zero-order chi connectivity index (χ0) is 13.8. The van der Waals surface area contributed by atoms with E-state index in [2.05, 4.69) is 18.2 Å². The van der Waals surface area contributed by atoms with E-state index in [1.807, 2.05) is 43.3 Å². The third-order valence-electron chi connectivity index (χ3n) is 4.93. The first-order chi connectivity index (χ1) is 9.65. The van der Waals surface area contributed by atoms with Gasteiger partial charge in [0.2, 0.25) is 0 Å². The number of hydrogen-bond acceptors (Lipinski definition) is 2. The van der Waals surface area contributed by atoms with Crippen LogP contribution < -0.4 is 0 Å². The monoisotopic (exact) mass is 266 g/mol. The largest absolute Gasteiger partial charge is 0.382 e. The second-order valence-electron chi connectivity index (χ2n) is 6.03. The number of benzene rings is 2. The van der Waals surface area contributed by atoms with Crippen LogP contribution in [0.2, 0.25) is 0 Å². The number of rotatable bonds is 1. The number of fused-ring (bicyclic) bond motifs is 1. The lowest BCUT2D eigenvalue weighted by atomic mass is 9.70. The summed E-state index contributed by atoms with van der Waals surface area (Å²) >= 11 is 0. The van der Waals surface area contributed by atoms with Gasteiger partial charge in [-0.2, -0.15) is 0 Å². The molecule has 2 aliphatic rings. The maximum atomic E-state index is 11.1. The lowest BCUT2D eigenvalue weighted by Crippen LogP contribution is -2.44. The van der Waals surface area contributed by atoms with Crippen LogP contribution in [0.3, 0.4) is 0 Å². The van der Waals surface area contributed by atoms with Gasteiger partial charge in [-0.15, -0.1) is 0 Å². The number of aliphatic hydroxyl groups is 1. The summed E-state index contributed by atoms with van der Waals surface area (Å²) in [6, 6.07) is 18.4. The van der Waals surface area contributed by atoms with Crippen molar-refractivity contribution in [2.24, 2.45) is 0 Å². The molecule has 3 atom stereocenters. The number of ether oxygens (including phenoxy) is 1. The van der Waals surface area contributed by atoms with Gasteiger partial charge >= 0.3 is 0 Å². The Hall–Kier alpha value is -1.64. The van der Waals surface area contributed by atoms with Crippen molar-refractivity contribution in [3.63, 3.8) is 0 Å². The fraction of sp³-hybridized carbons (Fsp3) is 0.333. The molecule has 1 heterocycles. The predicted molar refractivity (Wildman–Crippen MR) is 77.3 cm³/mol. The molecule has 20 heavy (non-hydrogen) atoms. The second kappa shape index (κ2) is 3.94. The molecule has 1 spiro atoms. The molecule has 0 unspecified atom stereocenters. The highest BCUT2D eigenvalue weighted by atomic mass is 16.6. The van der Waals surface area contributed by atoms with Gasteiger partial charge in [0.05, 0.1) is 0 Å². The molecule has 0 saturated carbocycles. The van der Waals surface area contributed by atoms with E-state index >= 15 is 0 Å². The van der Waals surface area contributed by atoms with Crippen molar-refractivity contribution in [1.82, 2.24) is 0 Å². The summed E-state index contributed by atoms with van der Waals surface area (Å²) in [6.07, 6.45) is 1.85. The van der Waals surface area contributed by atoms with E-state index in [0.717, 1.165) is 24.0 Å². The van der Waals surface area contributed by atoms with Crippen molar-refractivity contribution < 1.29 is 9.84 Å². The average molecular weight is 266 g/mol. The highest BCUT2D eigenvalue weighted by molar-refractivity contribution is 5.43. The molecule has 102 valence electrons. The summed E-state index contributed by atoms with van der Waals surface area (Å²) in [4.78, 5) is 0. The molecule has 2 nitrogen and oxygen atoms in total. The van der Waals surface area contributed by atoms with Gasteiger partial charge in [0.1, 0.15) is 17.3 Å². The topological polar surface area (TPSA) is 32.8 Å². The molecular formula is C18H18O2. The van der Waals surface area contributed by atoms with E-state index in [9.17, 15) is 5.11 Å². The summed E-state index contributed by atoms with van der Waals surface area (Å²) in [5.41, 5.74) is 2.03. The summed E-state index contributed by atoms with van der Waals surface area (Å²) in [6.45, 7) is 1.90. The first-order valence-corrected chi connectivity index (χ1v) is 7.19. The minimum absolute atomic E-state index is 0.00653. The van der Waals surface area contributed by atoms with Gasteiger partial charge in [0.15, 0.2) is 0 Å². The van der Waals surface area contributed by atoms with Crippen molar-refractivity contribution in [3.8, 4) is 0 Å². The summed E-state index contributed by atoms with van der Waals surface area (Å²) in [5, 5.41) is 11.1. The lowest BCUT2D eigenvalue weighted by molar-refractivity contribution is -0.0385. The zero-order valence-electron chi connectivity index (χ0n) is 11.5. The van der Waals surface area contributed by atoms with Crippen LogP contribution in [0.4, 0.5) is 0 Å². The molecule has 4 rings (SSSR count). The minimum Gasteiger partial charge on any atom is -0.382 e. The molecule has 2 aromatic carbocycles. The van der Waals surface area contributed by atoms with Crippen molar-refractivity contribution in [1.29, 1.82) is 0 Å². The standard InChI is InChI=1S/C18H18O2/c1-17(19)15-10-6-5-7-13(15)11-12-18(17)16(20-18)14-8-3-2-4-9-14/h2-10,16,19H,11-12H2,1H3/t16-,17-,18+/m0/s1. The third kappa shape index (κ3) is 1.46. The summed E-state index contributed by atoms with van der Waals surface area (Å²) < 4.78 is 6.05. The van der Waals surface area contributed by atoms with Crippen LogP contribution in [0, 0.1) is 0 Å². The lowest BCUT2D eigenvalue weighted by Gasteiger charge is -2.37. The fourth-order valence-corrected chi connectivity index (χ4v) is 3.71. The summed E-state index contributed by atoms with van der Waals surface area (Å²) in [7, 11) is 0. The van der Waals surface area contributed by atoms with Crippen LogP contribution in [0.5, 0.6) is 0 Å². The van der Waals surface area contributed by atoms with Crippen molar-refractivity contribution in [2.75, 3.05) is 0 Å². The van der Waals surface area contributed by atoms with Crippen LogP contribution in [-0.2, 0) is 16.8 Å². The Morgan fingerprint density at radius 3 is 2.55 bits per heavy atom. The predicted octanol–water partition coefficient (Wildman–Crippen LogP) is 3.35. The van der Waals surface area contributed by atoms with E-state index in [0.29, 0.717) is 0 Å². The van der Waals surface area contributed by atoms with Crippen molar-refractivity contribution in [3.05, 3.63) is 71.3 Å². The SMILES string of the molecule is C[C@]1(O)c2ccccc2CC[C@]12O[C@H]2c1ccccc1. The van der Waals surface area contributed by atoms with Gasteiger partial charge in [-0.25, -0.2) is 0 Å². The Kier molecular flexibility index (Phi) is 2.39. The van der Waals surface area contributed by atoms with Crippen molar-refractivity contribution in [2.45, 2.75) is 37.1 Å². The molecule has 1 N–H and O–H groups in total. The fourth-order valence-electron chi connectivity index (χ4n) is 3.71. The number of epoxide rings is 1. The molecule has 0 radical (unpaired) electrons. The molecule has 0 bridgehead atoms. The first-order valence-electron chi connectivity index (χ1n) is 7.19. The maximum absolute atomic E-state index is 11.1. The third-order valence-corrected chi connectivity index (χ3v) is 4.93. The van der Waals surface area contributed by atoms with Gasteiger partial charge in [0, 0.05) is 0 Å². The highest BCUT2D eigenvalue weighted by Crippen LogP contribution is 2.63. The molecule has 1 aliphatic heterocycles. The Morgan fingerprint density at radius 1 is 1.05 bits per heavy atom. The normalized spacial score (nSPS) is 34.8. The van der Waals surface area contributed by atoms with E-state index in [1.165, 1.54) is 5.56 Å². The molecule has 1 fully saturated rings. The average Bonchev–Trinajstić information content (AvgIpc) is 3.22. The smallest absolute Gasteiger partial charge is 0.132 e. The number of aryl methyl sites for hydroxylation is 1. The first kappa shape index (κ1) is 12.1. The van der Waals surface area contributed by atoms with Gasteiger partial charge in [0.25, 0.3) is 0 Å². The quantitative estimate of drug-likeness (QED) is 0.803. The van der Waals surface area contributed by atoms with Gasteiger partial charge in [-0.05, 0) is 36.5 Å². The van der Waals surface area contributed by atoms with Gasteiger partial charge < -0.3 is 9.84 Å². The van der Waals surface area contributed by atoms with Gasteiger partial charge in [-0.1, -0.05) is 54.6 Å².